The van der Waals surface area contributed by atoms with E-state index in [0.717, 1.165) is 38.3 Å². The second-order valence-corrected chi connectivity index (χ2v) is 8.21. The normalized spacial score (nSPS) is 12.7. The van der Waals surface area contributed by atoms with Crippen LogP contribution in [-0.2, 0) is 14.3 Å². The lowest BCUT2D eigenvalue weighted by Gasteiger charge is -2.28. The number of nitrogens with one attached hydrogen (secondary N) is 2. The van der Waals surface area contributed by atoms with Gasteiger partial charge in [-0.15, -0.1) is 24.0 Å². The molecule has 1 unspecified atom stereocenters. The summed E-state index contributed by atoms with van der Waals surface area (Å²) in [6.45, 7) is 11.2. The molecule has 0 aromatic heterocycles. The standard InChI is InChI=1S/C20H40N4O4.HI/c1-15(2)16(23-19(26)28-20(3,4)5)12-14-24(7)18(21-6)22-13-10-9-11-17(25)27-8;/h15-16H,9-14H2,1-8H3,(H,21,22)(H,23,26);1H. The molecule has 1 amide bonds. The molecule has 0 aliphatic rings. The Kier molecular flexibility index (Phi) is 16.1. The van der Waals surface area contributed by atoms with Crippen LogP contribution in [0.1, 0.15) is 60.3 Å². The SMILES string of the molecule is CN=C(NCCCCC(=O)OC)N(C)CCC(NC(=O)OC(C)(C)C)C(C)C.I. The number of nitrogens with zero attached hydrogens (tertiary/aromatic N) is 2. The number of alkyl carbamates (subject to hydrolysis) is 1. The van der Waals surface area contributed by atoms with Crippen LogP contribution in [0.15, 0.2) is 4.99 Å². The number of aliphatic imine (C=N–C) groups is 1. The first-order valence-corrected chi connectivity index (χ1v) is 9.98. The number of rotatable bonds is 10. The first-order chi connectivity index (χ1) is 13.0. The molecular weight excluding hydrogens is 487 g/mol. The highest BCUT2D eigenvalue weighted by atomic mass is 127. The topological polar surface area (TPSA) is 92.3 Å². The third kappa shape index (κ3) is 15.3. The van der Waals surface area contributed by atoms with E-state index in [-0.39, 0.29) is 48.0 Å². The fourth-order valence-corrected chi connectivity index (χ4v) is 2.55. The zero-order valence-electron chi connectivity index (χ0n) is 19.3. The number of ether oxygens (including phenoxy) is 2. The lowest BCUT2D eigenvalue weighted by molar-refractivity contribution is -0.140. The number of carbonyl (C=O) groups excluding carboxylic acids is 2. The summed E-state index contributed by atoms with van der Waals surface area (Å²) in [7, 11) is 5.11. The average Bonchev–Trinajstić information content (AvgIpc) is 2.59. The molecule has 0 aliphatic heterocycles. The predicted octanol–water partition coefficient (Wildman–Crippen LogP) is 3.39. The van der Waals surface area contributed by atoms with Crippen molar-refractivity contribution in [2.75, 3.05) is 34.3 Å². The minimum absolute atomic E-state index is 0. The first kappa shape index (κ1) is 29.9. The molecule has 172 valence electrons. The highest BCUT2D eigenvalue weighted by molar-refractivity contribution is 14.0. The number of carbonyl (C=O) groups is 2. The number of hydrogen-bond acceptors (Lipinski definition) is 5. The summed E-state index contributed by atoms with van der Waals surface area (Å²) in [5.41, 5.74) is -0.512. The van der Waals surface area contributed by atoms with Gasteiger partial charge in [0.15, 0.2) is 5.96 Å². The monoisotopic (exact) mass is 528 g/mol. The van der Waals surface area contributed by atoms with E-state index >= 15 is 0 Å². The lowest BCUT2D eigenvalue weighted by Crippen LogP contribution is -2.45. The molecule has 0 saturated heterocycles. The molecule has 9 heteroatoms. The van der Waals surface area contributed by atoms with Crippen LogP contribution in [-0.4, -0.2) is 68.9 Å². The third-order valence-electron chi connectivity index (χ3n) is 4.17. The summed E-state index contributed by atoms with van der Waals surface area (Å²) in [5.74, 6) is 0.894. The van der Waals surface area contributed by atoms with Crippen molar-refractivity contribution in [3.05, 3.63) is 0 Å². The van der Waals surface area contributed by atoms with Gasteiger partial charge in [0.1, 0.15) is 5.60 Å². The van der Waals surface area contributed by atoms with Gasteiger partial charge in [-0.05, 0) is 46.0 Å². The van der Waals surface area contributed by atoms with Crippen molar-refractivity contribution < 1.29 is 19.1 Å². The summed E-state index contributed by atoms with van der Waals surface area (Å²) in [5, 5.41) is 6.27. The van der Waals surface area contributed by atoms with Crippen LogP contribution in [0.25, 0.3) is 0 Å². The van der Waals surface area contributed by atoms with Gasteiger partial charge in [0.25, 0.3) is 0 Å². The number of hydrogen-bond donors (Lipinski definition) is 2. The molecule has 2 N–H and O–H groups in total. The van der Waals surface area contributed by atoms with Crippen molar-refractivity contribution >= 4 is 42.0 Å². The number of amides is 1. The van der Waals surface area contributed by atoms with Gasteiger partial charge in [-0.2, -0.15) is 0 Å². The molecule has 0 fully saturated rings. The molecule has 0 saturated carbocycles. The van der Waals surface area contributed by atoms with Gasteiger partial charge in [0.05, 0.1) is 7.11 Å². The summed E-state index contributed by atoms with van der Waals surface area (Å²) in [6, 6.07) is 0.00969. The van der Waals surface area contributed by atoms with Crippen LogP contribution in [0.2, 0.25) is 0 Å². The zero-order valence-corrected chi connectivity index (χ0v) is 21.7. The van der Waals surface area contributed by atoms with Crippen LogP contribution in [0.4, 0.5) is 4.79 Å². The summed E-state index contributed by atoms with van der Waals surface area (Å²) >= 11 is 0. The molecule has 29 heavy (non-hydrogen) atoms. The molecule has 0 heterocycles. The van der Waals surface area contributed by atoms with E-state index in [0.29, 0.717) is 6.42 Å². The summed E-state index contributed by atoms with van der Waals surface area (Å²) in [6.07, 6.45) is 2.45. The van der Waals surface area contributed by atoms with Crippen LogP contribution in [0.5, 0.6) is 0 Å². The number of esters is 1. The summed E-state index contributed by atoms with van der Waals surface area (Å²) < 4.78 is 10.00. The van der Waals surface area contributed by atoms with E-state index in [1.54, 1.807) is 7.05 Å². The molecule has 8 nitrogen and oxygen atoms in total. The lowest BCUT2D eigenvalue weighted by atomic mass is 10.0. The van der Waals surface area contributed by atoms with E-state index in [9.17, 15) is 9.59 Å². The number of unbranched alkanes of at least 4 members (excludes halogenated alkanes) is 1. The van der Waals surface area contributed by atoms with Crippen molar-refractivity contribution in [2.45, 2.75) is 71.9 Å². The Bertz CT molecular complexity index is 507. The molecule has 0 radical (unpaired) electrons. The molecule has 0 aliphatic carbocycles. The van der Waals surface area contributed by atoms with Crippen LogP contribution in [0, 0.1) is 5.92 Å². The largest absolute Gasteiger partial charge is 0.469 e. The van der Waals surface area contributed by atoms with Crippen LogP contribution >= 0.6 is 24.0 Å². The zero-order chi connectivity index (χ0) is 21.7. The van der Waals surface area contributed by atoms with E-state index in [4.69, 9.17) is 4.74 Å². The predicted molar refractivity (Wildman–Crippen MR) is 128 cm³/mol. The highest BCUT2D eigenvalue weighted by Gasteiger charge is 2.22. The highest BCUT2D eigenvalue weighted by Crippen LogP contribution is 2.11. The number of methoxy groups -OCH3 is 1. The van der Waals surface area contributed by atoms with Crippen molar-refractivity contribution in [1.82, 2.24) is 15.5 Å². The molecular formula is C20H41IN4O4. The molecule has 0 rings (SSSR count). The maximum absolute atomic E-state index is 12.1. The third-order valence-corrected chi connectivity index (χ3v) is 4.17. The van der Waals surface area contributed by atoms with E-state index in [1.807, 2.05) is 32.7 Å². The van der Waals surface area contributed by atoms with Crippen molar-refractivity contribution in [2.24, 2.45) is 10.9 Å². The van der Waals surface area contributed by atoms with Crippen molar-refractivity contribution in [3.8, 4) is 0 Å². The molecule has 0 bridgehead atoms. The first-order valence-electron chi connectivity index (χ1n) is 9.98. The van der Waals surface area contributed by atoms with Crippen molar-refractivity contribution in [3.63, 3.8) is 0 Å². The Labute approximate surface area is 193 Å². The number of halogens is 1. The van der Waals surface area contributed by atoms with Gasteiger partial charge in [0.2, 0.25) is 0 Å². The maximum Gasteiger partial charge on any atom is 0.407 e. The molecule has 0 aromatic rings. The fraction of sp³-hybridized carbons (Fsp3) is 0.850. The van der Waals surface area contributed by atoms with E-state index in [2.05, 4.69) is 34.2 Å². The molecule has 0 aromatic carbocycles. The Hall–Kier alpha value is -1.26. The quantitative estimate of drug-likeness (QED) is 0.149. The Morgan fingerprint density at radius 2 is 1.79 bits per heavy atom. The van der Waals surface area contributed by atoms with Gasteiger partial charge in [-0.1, -0.05) is 13.8 Å². The van der Waals surface area contributed by atoms with E-state index < -0.39 is 5.60 Å². The molecule has 0 spiro atoms. The van der Waals surface area contributed by atoms with Crippen LogP contribution < -0.4 is 10.6 Å². The molecule has 1 atom stereocenters. The minimum Gasteiger partial charge on any atom is -0.469 e. The Morgan fingerprint density at radius 1 is 1.17 bits per heavy atom. The van der Waals surface area contributed by atoms with Crippen LogP contribution in [0.3, 0.4) is 0 Å². The maximum atomic E-state index is 12.1. The van der Waals surface area contributed by atoms with Gasteiger partial charge >= 0.3 is 12.1 Å². The number of guanidine groups is 1. The minimum atomic E-state index is -0.512. The average molecular weight is 528 g/mol. The van der Waals surface area contributed by atoms with Gasteiger partial charge in [-0.3, -0.25) is 9.79 Å². The van der Waals surface area contributed by atoms with E-state index in [1.165, 1.54) is 7.11 Å². The van der Waals surface area contributed by atoms with Gasteiger partial charge < -0.3 is 25.0 Å². The van der Waals surface area contributed by atoms with Gasteiger partial charge in [0, 0.05) is 39.6 Å². The fourth-order valence-electron chi connectivity index (χ4n) is 2.55. The van der Waals surface area contributed by atoms with Crippen molar-refractivity contribution in [1.29, 1.82) is 0 Å². The van der Waals surface area contributed by atoms with Gasteiger partial charge in [-0.25, -0.2) is 4.79 Å². The second kappa shape index (κ2) is 15.6. The Morgan fingerprint density at radius 3 is 2.28 bits per heavy atom. The second-order valence-electron chi connectivity index (χ2n) is 8.21. The smallest absolute Gasteiger partial charge is 0.407 e. The summed E-state index contributed by atoms with van der Waals surface area (Å²) in [4.78, 5) is 29.5. The Balaban J connectivity index is 0.